The Balaban J connectivity index is 1.15. The zero-order chi connectivity index (χ0) is 25.8. The van der Waals surface area contributed by atoms with E-state index in [1.54, 1.807) is 13.3 Å². The summed E-state index contributed by atoms with van der Waals surface area (Å²) in [4.78, 5) is 31.5. The van der Waals surface area contributed by atoms with Gasteiger partial charge < -0.3 is 19.4 Å². The van der Waals surface area contributed by atoms with Gasteiger partial charge in [-0.2, -0.15) is 5.10 Å². The van der Waals surface area contributed by atoms with Crippen LogP contribution in [0.4, 0.5) is 0 Å². The number of carbonyl (C=O) groups excluding carboxylic acids is 2. The van der Waals surface area contributed by atoms with Gasteiger partial charge in [0, 0.05) is 61.9 Å². The van der Waals surface area contributed by atoms with E-state index >= 15 is 0 Å². The summed E-state index contributed by atoms with van der Waals surface area (Å²) in [6.07, 6.45) is 13.8. The SMILES string of the molecule is COCCNC(=O)c1ccc2nn(CC3CCN(C(=O)C4=CCC(c5cnco5)C=C4)CC3)cc2c1C. The highest BCUT2D eigenvalue weighted by atomic mass is 16.5. The number of rotatable bonds is 8. The molecule has 194 valence electrons. The van der Waals surface area contributed by atoms with E-state index in [9.17, 15) is 9.59 Å². The van der Waals surface area contributed by atoms with Gasteiger partial charge in [-0.15, -0.1) is 0 Å². The van der Waals surface area contributed by atoms with E-state index in [1.165, 1.54) is 6.39 Å². The molecule has 1 N–H and O–H groups in total. The van der Waals surface area contributed by atoms with Gasteiger partial charge in [0.15, 0.2) is 6.39 Å². The summed E-state index contributed by atoms with van der Waals surface area (Å²) in [6.45, 7) is 5.20. The molecule has 1 unspecified atom stereocenters. The number of aromatic nitrogens is 3. The maximum Gasteiger partial charge on any atom is 0.253 e. The van der Waals surface area contributed by atoms with E-state index in [0.717, 1.165) is 66.7 Å². The number of likely N-dealkylation sites (tertiary alicyclic amines) is 1. The highest BCUT2D eigenvalue weighted by Gasteiger charge is 2.26. The summed E-state index contributed by atoms with van der Waals surface area (Å²) < 4.78 is 12.4. The van der Waals surface area contributed by atoms with Crippen LogP contribution in [0.1, 0.15) is 46.9 Å². The fraction of sp³-hybridized carbons (Fsp3) is 0.429. The second-order valence-electron chi connectivity index (χ2n) is 9.77. The van der Waals surface area contributed by atoms with Crippen molar-refractivity contribution in [3.63, 3.8) is 0 Å². The van der Waals surface area contributed by atoms with Crippen molar-refractivity contribution < 1.29 is 18.7 Å². The molecule has 1 aromatic carbocycles. The van der Waals surface area contributed by atoms with E-state index in [-0.39, 0.29) is 17.7 Å². The summed E-state index contributed by atoms with van der Waals surface area (Å²) in [5.41, 5.74) is 3.23. The molecule has 9 nitrogen and oxygen atoms in total. The molecule has 2 aliphatic rings. The van der Waals surface area contributed by atoms with Gasteiger partial charge in [0.1, 0.15) is 5.76 Å². The van der Waals surface area contributed by atoms with Gasteiger partial charge in [0.2, 0.25) is 0 Å². The van der Waals surface area contributed by atoms with Crippen molar-refractivity contribution in [1.82, 2.24) is 25.0 Å². The van der Waals surface area contributed by atoms with Gasteiger partial charge in [-0.05, 0) is 49.8 Å². The van der Waals surface area contributed by atoms with Gasteiger partial charge in [-0.3, -0.25) is 14.3 Å². The Morgan fingerprint density at radius 2 is 2.08 bits per heavy atom. The van der Waals surface area contributed by atoms with Crippen LogP contribution < -0.4 is 5.32 Å². The second kappa shape index (κ2) is 11.1. The molecular weight excluding hydrogens is 470 g/mol. The minimum absolute atomic E-state index is 0.0994. The van der Waals surface area contributed by atoms with Crippen LogP contribution in [-0.2, 0) is 16.1 Å². The summed E-state index contributed by atoms with van der Waals surface area (Å²) in [6, 6.07) is 3.74. The maximum atomic E-state index is 13.0. The van der Waals surface area contributed by atoms with E-state index in [1.807, 2.05) is 53.1 Å². The highest BCUT2D eigenvalue weighted by Crippen LogP contribution is 2.29. The first-order valence-electron chi connectivity index (χ1n) is 12.8. The first-order chi connectivity index (χ1) is 18.0. The topological polar surface area (TPSA) is 102 Å². The lowest BCUT2D eigenvalue weighted by atomic mass is 9.93. The normalized spacial score (nSPS) is 18.3. The summed E-state index contributed by atoms with van der Waals surface area (Å²) in [5.74, 6) is 1.41. The van der Waals surface area contributed by atoms with Crippen molar-refractivity contribution in [2.24, 2.45) is 5.92 Å². The van der Waals surface area contributed by atoms with Crippen LogP contribution in [0.3, 0.4) is 0 Å². The van der Waals surface area contributed by atoms with Gasteiger partial charge in [-0.1, -0.05) is 18.2 Å². The maximum absolute atomic E-state index is 13.0. The lowest BCUT2D eigenvalue weighted by Crippen LogP contribution is -2.40. The molecule has 1 aliphatic heterocycles. The van der Waals surface area contributed by atoms with Crippen molar-refractivity contribution in [3.05, 3.63) is 71.6 Å². The molecule has 9 heteroatoms. The van der Waals surface area contributed by atoms with Gasteiger partial charge >= 0.3 is 0 Å². The molecule has 3 heterocycles. The van der Waals surface area contributed by atoms with Crippen LogP contribution in [0, 0.1) is 12.8 Å². The molecule has 0 saturated carbocycles. The van der Waals surface area contributed by atoms with Crippen LogP contribution in [-0.4, -0.2) is 64.8 Å². The lowest BCUT2D eigenvalue weighted by molar-refractivity contribution is -0.128. The van der Waals surface area contributed by atoms with Crippen LogP contribution in [0.25, 0.3) is 10.9 Å². The number of benzene rings is 1. The Hall–Kier alpha value is -3.72. The fourth-order valence-corrected chi connectivity index (χ4v) is 5.15. The number of hydrogen-bond donors (Lipinski definition) is 1. The number of ether oxygens (including phenoxy) is 1. The lowest BCUT2D eigenvalue weighted by Gasteiger charge is -2.32. The Kier molecular flexibility index (Phi) is 7.50. The third-order valence-electron chi connectivity index (χ3n) is 7.35. The average molecular weight is 504 g/mol. The third-order valence-corrected chi connectivity index (χ3v) is 7.35. The quantitative estimate of drug-likeness (QED) is 0.471. The molecule has 3 aromatic rings. The molecule has 5 rings (SSSR count). The zero-order valence-corrected chi connectivity index (χ0v) is 21.4. The molecule has 0 radical (unpaired) electrons. The number of hydrogen-bond acceptors (Lipinski definition) is 6. The van der Waals surface area contributed by atoms with Gasteiger partial charge in [-0.25, -0.2) is 4.98 Å². The molecular formula is C28H33N5O4. The molecule has 0 bridgehead atoms. The molecule has 1 atom stereocenters. The molecule has 2 amide bonds. The van der Waals surface area contributed by atoms with Crippen LogP contribution in [0.2, 0.25) is 0 Å². The van der Waals surface area contributed by atoms with Crippen LogP contribution in [0.5, 0.6) is 0 Å². The van der Waals surface area contributed by atoms with Crippen molar-refractivity contribution in [2.75, 3.05) is 33.4 Å². The molecule has 2 aromatic heterocycles. The molecule has 37 heavy (non-hydrogen) atoms. The van der Waals surface area contributed by atoms with Crippen molar-refractivity contribution in [1.29, 1.82) is 0 Å². The summed E-state index contributed by atoms with van der Waals surface area (Å²) in [7, 11) is 1.61. The number of nitrogens with zero attached hydrogens (tertiary/aromatic N) is 4. The number of amides is 2. The Morgan fingerprint density at radius 1 is 1.24 bits per heavy atom. The summed E-state index contributed by atoms with van der Waals surface area (Å²) >= 11 is 0. The first-order valence-corrected chi connectivity index (χ1v) is 12.8. The number of methoxy groups -OCH3 is 1. The zero-order valence-electron chi connectivity index (χ0n) is 21.4. The van der Waals surface area contributed by atoms with Crippen molar-refractivity contribution in [2.45, 2.75) is 38.6 Å². The number of carbonyl (C=O) groups is 2. The van der Waals surface area contributed by atoms with E-state index in [0.29, 0.717) is 24.6 Å². The highest BCUT2D eigenvalue weighted by molar-refractivity contribution is 6.00. The molecule has 1 aliphatic carbocycles. The van der Waals surface area contributed by atoms with Gasteiger partial charge in [0.25, 0.3) is 11.8 Å². The van der Waals surface area contributed by atoms with Crippen LogP contribution in [0.15, 0.2) is 59.1 Å². The van der Waals surface area contributed by atoms with E-state index in [4.69, 9.17) is 14.3 Å². The Morgan fingerprint density at radius 3 is 2.78 bits per heavy atom. The predicted octanol–water partition coefficient (Wildman–Crippen LogP) is 3.62. The van der Waals surface area contributed by atoms with E-state index in [2.05, 4.69) is 10.3 Å². The number of allylic oxidation sites excluding steroid dienone is 2. The molecule has 0 spiro atoms. The predicted molar refractivity (Wildman–Crippen MR) is 139 cm³/mol. The number of aryl methyl sites for hydroxylation is 1. The number of piperidine rings is 1. The Labute approximate surface area is 216 Å². The first kappa shape index (κ1) is 25.0. The van der Waals surface area contributed by atoms with Crippen molar-refractivity contribution >= 4 is 22.7 Å². The van der Waals surface area contributed by atoms with Crippen molar-refractivity contribution in [3.8, 4) is 0 Å². The number of nitrogens with one attached hydrogen (secondary N) is 1. The summed E-state index contributed by atoms with van der Waals surface area (Å²) in [5, 5.41) is 8.63. The third kappa shape index (κ3) is 5.51. The van der Waals surface area contributed by atoms with Crippen LogP contribution >= 0.6 is 0 Å². The molecule has 1 saturated heterocycles. The molecule has 1 fully saturated rings. The standard InChI is InChI=1S/C28H33N5O4/c1-19-23(27(34)30-11-14-36-2)7-8-25-24(19)17-33(31-25)16-20-9-12-32(13-10-20)28(35)22-5-3-21(4-6-22)26-15-29-18-37-26/h3,5-8,15,17-18,20-21H,4,9-14,16H2,1-2H3,(H,30,34). The second-order valence-corrected chi connectivity index (χ2v) is 9.77. The fourth-order valence-electron chi connectivity index (χ4n) is 5.15. The smallest absolute Gasteiger partial charge is 0.253 e. The van der Waals surface area contributed by atoms with E-state index < -0.39 is 0 Å². The monoisotopic (exact) mass is 503 g/mol. The minimum Gasteiger partial charge on any atom is -0.448 e. The van der Waals surface area contributed by atoms with Gasteiger partial charge in [0.05, 0.1) is 18.3 Å². The number of fused-ring (bicyclic) bond motifs is 1. The Bertz CT molecular complexity index is 1320. The largest absolute Gasteiger partial charge is 0.448 e. The average Bonchev–Trinajstić information content (AvgIpc) is 3.60. The minimum atomic E-state index is -0.0994. The number of oxazole rings is 1.